The fourth-order valence-electron chi connectivity index (χ4n) is 6.47. The highest BCUT2D eigenvalue weighted by atomic mass is 16.5. The molecule has 0 radical (unpaired) electrons. The van der Waals surface area contributed by atoms with Gasteiger partial charge in [-0.1, -0.05) is 25.5 Å². The first kappa shape index (κ1) is 14.6. The standard InChI is InChI=1S/C21H25NO3/c1-11-14(8-12-2-3-12)10-21(24)16-9-13-4-5-15(23)18-17(13)20(21,6-7-22-16)19(11)25-18/h4-5,12,14,16,19,22-24H,1-3,6-10H2/t14?,16-,19+,20+,21-/m1/s1. The molecule has 4 nitrogen and oxygen atoms in total. The van der Waals surface area contributed by atoms with Crippen LogP contribution in [0.5, 0.6) is 11.5 Å². The van der Waals surface area contributed by atoms with Gasteiger partial charge in [0, 0.05) is 11.6 Å². The van der Waals surface area contributed by atoms with E-state index in [1.165, 1.54) is 18.4 Å². The number of nitrogens with one attached hydrogen (secondary N) is 1. The van der Waals surface area contributed by atoms with Gasteiger partial charge in [-0.2, -0.15) is 0 Å². The van der Waals surface area contributed by atoms with Crippen molar-refractivity contribution in [1.29, 1.82) is 0 Å². The summed E-state index contributed by atoms with van der Waals surface area (Å²) in [5.74, 6) is 1.92. The molecule has 5 aliphatic rings. The highest BCUT2D eigenvalue weighted by molar-refractivity contribution is 5.64. The molecular formula is C21H25NO3. The zero-order valence-corrected chi connectivity index (χ0v) is 14.4. The Hall–Kier alpha value is -1.52. The van der Waals surface area contributed by atoms with E-state index in [1.807, 2.05) is 6.07 Å². The van der Waals surface area contributed by atoms with E-state index in [2.05, 4.69) is 11.9 Å². The van der Waals surface area contributed by atoms with Gasteiger partial charge in [0.25, 0.3) is 0 Å². The highest BCUT2D eigenvalue weighted by Crippen LogP contribution is 2.66. The first-order chi connectivity index (χ1) is 12.0. The van der Waals surface area contributed by atoms with Crippen LogP contribution in [0.3, 0.4) is 0 Å². The maximum Gasteiger partial charge on any atom is 0.166 e. The number of aliphatic hydroxyl groups is 1. The molecule has 1 aromatic carbocycles. The van der Waals surface area contributed by atoms with Crippen LogP contribution in [0.2, 0.25) is 0 Å². The third-order valence-corrected chi connectivity index (χ3v) is 7.77. The molecule has 1 unspecified atom stereocenters. The summed E-state index contributed by atoms with van der Waals surface area (Å²) in [4.78, 5) is 0. The first-order valence-electron chi connectivity index (χ1n) is 9.71. The minimum absolute atomic E-state index is 0.0603. The van der Waals surface area contributed by atoms with Crippen molar-refractivity contribution in [2.24, 2.45) is 11.8 Å². The quantitative estimate of drug-likeness (QED) is 0.724. The molecule has 1 spiro atoms. The number of phenols is 1. The van der Waals surface area contributed by atoms with E-state index in [1.54, 1.807) is 6.07 Å². The second-order valence-corrected chi connectivity index (χ2v) is 8.96. The average Bonchev–Trinajstić information content (AvgIpc) is 3.31. The number of hydrogen-bond donors (Lipinski definition) is 3. The Morgan fingerprint density at radius 2 is 2.16 bits per heavy atom. The molecule has 3 fully saturated rings. The van der Waals surface area contributed by atoms with Crippen molar-refractivity contribution in [2.45, 2.75) is 61.7 Å². The molecule has 2 saturated carbocycles. The van der Waals surface area contributed by atoms with Crippen LogP contribution in [-0.2, 0) is 11.8 Å². The fourth-order valence-corrected chi connectivity index (χ4v) is 6.47. The van der Waals surface area contributed by atoms with Crippen LogP contribution in [-0.4, -0.2) is 34.5 Å². The van der Waals surface area contributed by atoms with Gasteiger partial charge in [0.2, 0.25) is 0 Å². The lowest BCUT2D eigenvalue weighted by Gasteiger charge is -2.62. The average molecular weight is 339 g/mol. The number of benzene rings is 1. The molecule has 132 valence electrons. The molecule has 4 heteroatoms. The van der Waals surface area contributed by atoms with Gasteiger partial charge in [0.05, 0.1) is 11.0 Å². The van der Waals surface area contributed by atoms with Gasteiger partial charge in [-0.05, 0) is 61.3 Å². The van der Waals surface area contributed by atoms with E-state index >= 15 is 0 Å². The summed E-state index contributed by atoms with van der Waals surface area (Å²) in [6, 6.07) is 3.82. The summed E-state index contributed by atoms with van der Waals surface area (Å²) in [7, 11) is 0. The summed E-state index contributed by atoms with van der Waals surface area (Å²) in [5.41, 5.74) is 2.17. The Bertz CT molecular complexity index is 801. The Morgan fingerprint density at radius 3 is 2.96 bits per heavy atom. The molecule has 5 atom stereocenters. The molecule has 2 bridgehead atoms. The Morgan fingerprint density at radius 1 is 1.32 bits per heavy atom. The van der Waals surface area contributed by atoms with Crippen LogP contribution in [0.15, 0.2) is 24.3 Å². The maximum atomic E-state index is 12.1. The highest BCUT2D eigenvalue weighted by Gasteiger charge is 2.72. The smallest absolute Gasteiger partial charge is 0.166 e. The van der Waals surface area contributed by atoms with E-state index in [0.717, 1.165) is 49.3 Å². The lowest BCUT2D eigenvalue weighted by atomic mass is 9.47. The van der Waals surface area contributed by atoms with E-state index in [-0.39, 0.29) is 17.9 Å². The third-order valence-electron chi connectivity index (χ3n) is 7.77. The van der Waals surface area contributed by atoms with Crippen LogP contribution in [0.1, 0.15) is 43.2 Å². The number of ether oxygens (including phenoxy) is 1. The Kier molecular flexibility index (Phi) is 2.58. The van der Waals surface area contributed by atoms with Gasteiger partial charge < -0.3 is 20.3 Å². The molecule has 2 heterocycles. The van der Waals surface area contributed by atoms with Gasteiger partial charge in [-0.25, -0.2) is 0 Å². The zero-order valence-electron chi connectivity index (χ0n) is 14.4. The molecule has 1 saturated heterocycles. The molecule has 2 aliphatic heterocycles. The first-order valence-corrected chi connectivity index (χ1v) is 9.71. The molecule has 25 heavy (non-hydrogen) atoms. The van der Waals surface area contributed by atoms with Gasteiger partial charge in [0.1, 0.15) is 6.10 Å². The molecule has 0 amide bonds. The fraction of sp³-hybridized carbons (Fsp3) is 0.619. The molecule has 3 aliphatic carbocycles. The zero-order chi connectivity index (χ0) is 17.0. The summed E-state index contributed by atoms with van der Waals surface area (Å²) in [6.45, 7) is 5.33. The summed E-state index contributed by atoms with van der Waals surface area (Å²) < 4.78 is 6.38. The summed E-state index contributed by atoms with van der Waals surface area (Å²) >= 11 is 0. The van der Waals surface area contributed by atoms with E-state index < -0.39 is 11.0 Å². The SMILES string of the molecule is C=C1C(CC2CC2)C[C@@]2(O)[C@H]3Cc4ccc(O)c5c4[C@@]2(CCN3)[C@H]1O5. The number of rotatable bonds is 2. The normalized spacial score (nSPS) is 43.6. The number of hydrogen-bond acceptors (Lipinski definition) is 4. The van der Waals surface area contributed by atoms with Crippen molar-refractivity contribution in [3.05, 3.63) is 35.4 Å². The monoisotopic (exact) mass is 339 g/mol. The molecule has 1 aromatic rings. The van der Waals surface area contributed by atoms with Crippen molar-refractivity contribution in [3.8, 4) is 11.5 Å². The van der Waals surface area contributed by atoms with Crippen molar-refractivity contribution < 1.29 is 14.9 Å². The number of phenolic OH excluding ortho intramolecular Hbond substituents is 1. The Balaban J connectivity index is 1.58. The van der Waals surface area contributed by atoms with Crippen LogP contribution in [0.4, 0.5) is 0 Å². The van der Waals surface area contributed by atoms with Crippen molar-refractivity contribution in [3.63, 3.8) is 0 Å². The minimum atomic E-state index is -0.817. The topological polar surface area (TPSA) is 61.7 Å². The van der Waals surface area contributed by atoms with Crippen LogP contribution < -0.4 is 10.1 Å². The van der Waals surface area contributed by atoms with Gasteiger partial charge in [-0.15, -0.1) is 0 Å². The van der Waals surface area contributed by atoms with Crippen molar-refractivity contribution in [1.82, 2.24) is 5.32 Å². The number of aromatic hydroxyl groups is 1. The van der Waals surface area contributed by atoms with E-state index in [0.29, 0.717) is 11.7 Å². The lowest BCUT2D eigenvalue weighted by molar-refractivity contribution is -0.147. The molecule has 0 aromatic heterocycles. The minimum Gasteiger partial charge on any atom is -0.504 e. The molecular weight excluding hydrogens is 314 g/mol. The van der Waals surface area contributed by atoms with Gasteiger partial charge in [0.15, 0.2) is 11.5 Å². The second kappa shape index (κ2) is 4.41. The van der Waals surface area contributed by atoms with Gasteiger partial charge >= 0.3 is 0 Å². The van der Waals surface area contributed by atoms with Crippen LogP contribution in [0.25, 0.3) is 0 Å². The predicted octanol–water partition coefficient (Wildman–Crippen LogP) is 2.42. The van der Waals surface area contributed by atoms with Gasteiger partial charge in [-0.3, -0.25) is 0 Å². The van der Waals surface area contributed by atoms with Crippen molar-refractivity contribution in [2.75, 3.05) is 6.54 Å². The summed E-state index contributed by atoms with van der Waals surface area (Å²) in [6.07, 6.45) is 5.95. The van der Waals surface area contributed by atoms with Crippen LogP contribution >= 0.6 is 0 Å². The summed E-state index contributed by atoms with van der Waals surface area (Å²) in [5, 5.41) is 26.1. The lowest BCUT2D eigenvalue weighted by Crippen LogP contribution is -2.75. The van der Waals surface area contributed by atoms with Crippen molar-refractivity contribution >= 4 is 0 Å². The maximum absolute atomic E-state index is 12.1. The van der Waals surface area contributed by atoms with E-state index in [9.17, 15) is 10.2 Å². The molecule has 3 N–H and O–H groups in total. The second-order valence-electron chi connectivity index (χ2n) is 8.96. The third kappa shape index (κ3) is 1.57. The molecule has 6 rings (SSSR count). The Labute approximate surface area is 147 Å². The largest absolute Gasteiger partial charge is 0.504 e. The van der Waals surface area contributed by atoms with Crippen LogP contribution in [0, 0.1) is 11.8 Å². The predicted molar refractivity (Wildman–Crippen MR) is 93.9 cm³/mol. The number of piperidine rings is 1. The van der Waals surface area contributed by atoms with E-state index in [4.69, 9.17) is 4.74 Å².